The molecule has 1 N–H and O–H groups in total. The molecule has 0 aromatic rings. The van der Waals surface area contributed by atoms with Gasteiger partial charge in [0.2, 0.25) is 0 Å². The first-order valence-electron chi connectivity index (χ1n) is 8.00. The average molecular weight is 318 g/mol. The molecule has 0 spiro atoms. The molecule has 0 fully saturated rings. The highest BCUT2D eigenvalue weighted by Crippen LogP contribution is 2.42. The Kier molecular flexibility index (Phi) is 6.35. The molecule has 0 aromatic heterocycles. The van der Waals surface area contributed by atoms with E-state index in [1.807, 2.05) is 20.8 Å². The second kappa shape index (κ2) is 7.61. The summed E-state index contributed by atoms with van der Waals surface area (Å²) < 4.78 is 4.91. The maximum Gasteiger partial charge on any atom is 0.331 e. The number of esters is 1. The molecule has 0 saturated heterocycles. The number of ether oxygens (including phenoxy) is 1. The largest absolute Gasteiger partial charge is 0.463 e. The van der Waals surface area contributed by atoms with Crippen molar-refractivity contribution in [2.24, 2.45) is 5.41 Å². The van der Waals surface area contributed by atoms with Gasteiger partial charge in [-0.1, -0.05) is 39.0 Å². The molecule has 4 nitrogen and oxygen atoms in total. The van der Waals surface area contributed by atoms with E-state index in [4.69, 9.17) is 4.74 Å². The highest BCUT2D eigenvalue weighted by Gasteiger charge is 2.47. The minimum absolute atomic E-state index is 0.00479. The lowest BCUT2D eigenvalue weighted by atomic mass is 9.65. The second-order valence-corrected chi connectivity index (χ2v) is 6.49. The van der Waals surface area contributed by atoms with Crippen molar-refractivity contribution in [2.45, 2.75) is 59.5 Å². The van der Waals surface area contributed by atoms with Crippen LogP contribution in [0.1, 0.15) is 53.9 Å². The summed E-state index contributed by atoms with van der Waals surface area (Å²) in [7, 11) is 0. The zero-order valence-corrected chi connectivity index (χ0v) is 14.7. The average Bonchev–Trinajstić information content (AvgIpc) is 2.42. The van der Waals surface area contributed by atoms with Gasteiger partial charge in [-0.05, 0) is 31.9 Å². The molecule has 126 valence electrons. The van der Waals surface area contributed by atoms with Crippen LogP contribution in [-0.4, -0.2) is 29.1 Å². The molecule has 1 atom stereocenters. The monoisotopic (exact) mass is 318 g/mol. The summed E-state index contributed by atoms with van der Waals surface area (Å²) in [6.07, 6.45) is 4.52. The van der Waals surface area contributed by atoms with Gasteiger partial charge in [-0.3, -0.25) is 4.79 Å². The standard InChI is InChI=1S/C19H26O4/c1-6-8-15(12-17(21)23-7-2)9-10-19(22)14(3)11-16(20)13-18(19,4)5/h11-12,22H,6-8,13H2,1-5H3/b15-12-. The van der Waals surface area contributed by atoms with Crippen molar-refractivity contribution >= 4 is 11.8 Å². The summed E-state index contributed by atoms with van der Waals surface area (Å²) in [5.41, 5.74) is -0.905. The lowest BCUT2D eigenvalue weighted by molar-refractivity contribution is -0.137. The van der Waals surface area contributed by atoms with Gasteiger partial charge in [-0.2, -0.15) is 0 Å². The van der Waals surface area contributed by atoms with E-state index in [0.29, 0.717) is 24.2 Å². The minimum atomic E-state index is -1.39. The van der Waals surface area contributed by atoms with Gasteiger partial charge in [-0.25, -0.2) is 4.79 Å². The van der Waals surface area contributed by atoms with Crippen molar-refractivity contribution in [3.8, 4) is 11.8 Å². The normalized spacial score (nSPS) is 23.7. The number of carbonyl (C=O) groups is 2. The number of aliphatic hydroxyl groups is 1. The van der Waals surface area contributed by atoms with Gasteiger partial charge >= 0.3 is 5.97 Å². The molecule has 1 unspecified atom stereocenters. The van der Waals surface area contributed by atoms with Gasteiger partial charge < -0.3 is 9.84 Å². The van der Waals surface area contributed by atoms with E-state index in [1.54, 1.807) is 13.8 Å². The first-order chi connectivity index (χ1) is 10.7. The summed E-state index contributed by atoms with van der Waals surface area (Å²) in [5.74, 6) is 5.40. The molecule has 0 aromatic carbocycles. The zero-order chi connectivity index (χ0) is 17.7. The molecule has 4 heteroatoms. The lowest BCUT2D eigenvalue weighted by Gasteiger charge is -2.42. The molecule has 0 radical (unpaired) electrons. The number of ketones is 1. The number of hydrogen-bond acceptors (Lipinski definition) is 4. The molecular weight excluding hydrogens is 292 g/mol. The van der Waals surface area contributed by atoms with Gasteiger partial charge in [0.25, 0.3) is 0 Å². The van der Waals surface area contributed by atoms with Gasteiger partial charge in [0.1, 0.15) is 0 Å². The van der Waals surface area contributed by atoms with Crippen LogP contribution >= 0.6 is 0 Å². The molecule has 0 saturated carbocycles. The third-order valence-electron chi connectivity index (χ3n) is 4.05. The van der Waals surface area contributed by atoms with Crippen LogP contribution in [0, 0.1) is 17.3 Å². The Labute approximate surface area is 138 Å². The Balaban J connectivity index is 3.20. The van der Waals surface area contributed by atoms with Crippen LogP contribution in [0.2, 0.25) is 0 Å². The predicted molar refractivity (Wildman–Crippen MR) is 89.5 cm³/mol. The Hall–Kier alpha value is -1.86. The summed E-state index contributed by atoms with van der Waals surface area (Å²) in [6.45, 7) is 9.40. The highest BCUT2D eigenvalue weighted by molar-refractivity contribution is 5.93. The van der Waals surface area contributed by atoms with Crippen molar-refractivity contribution in [1.82, 2.24) is 0 Å². The topological polar surface area (TPSA) is 63.6 Å². The maximum absolute atomic E-state index is 11.7. The second-order valence-electron chi connectivity index (χ2n) is 6.49. The van der Waals surface area contributed by atoms with Crippen LogP contribution in [-0.2, 0) is 14.3 Å². The lowest BCUT2D eigenvalue weighted by Crippen LogP contribution is -2.48. The number of rotatable bonds is 4. The van der Waals surface area contributed by atoms with Crippen LogP contribution < -0.4 is 0 Å². The van der Waals surface area contributed by atoms with Crippen LogP contribution in [0.5, 0.6) is 0 Å². The smallest absolute Gasteiger partial charge is 0.331 e. The quantitative estimate of drug-likeness (QED) is 0.492. The van der Waals surface area contributed by atoms with Crippen molar-refractivity contribution in [2.75, 3.05) is 6.61 Å². The highest BCUT2D eigenvalue weighted by atomic mass is 16.5. The molecule has 0 bridgehead atoms. The van der Waals surface area contributed by atoms with Crippen molar-refractivity contribution in [3.63, 3.8) is 0 Å². The van der Waals surface area contributed by atoms with E-state index >= 15 is 0 Å². The third kappa shape index (κ3) is 4.56. The van der Waals surface area contributed by atoms with E-state index in [9.17, 15) is 14.7 Å². The molecule has 23 heavy (non-hydrogen) atoms. The number of carbonyl (C=O) groups excluding carboxylic acids is 2. The van der Waals surface area contributed by atoms with E-state index in [0.717, 1.165) is 6.42 Å². The van der Waals surface area contributed by atoms with E-state index in [-0.39, 0.29) is 12.2 Å². The fourth-order valence-electron chi connectivity index (χ4n) is 2.70. The summed E-state index contributed by atoms with van der Waals surface area (Å²) in [6, 6.07) is 0. The zero-order valence-electron chi connectivity index (χ0n) is 14.7. The summed E-state index contributed by atoms with van der Waals surface area (Å²) >= 11 is 0. The fourth-order valence-corrected chi connectivity index (χ4v) is 2.70. The Bertz CT molecular complexity index is 599. The van der Waals surface area contributed by atoms with Crippen molar-refractivity contribution in [3.05, 3.63) is 23.3 Å². The molecule has 0 amide bonds. The van der Waals surface area contributed by atoms with E-state index in [2.05, 4.69) is 11.8 Å². The molecule has 1 aliphatic carbocycles. The summed E-state index contributed by atoms with van der Waals surface area (Å²) in [4.78, 5) is 23.3. The molecule has 1 rings (SSSR count). The minimum Gasteiger partial charge on any atom is -0.463 e. The van der Waals surface area contributed by atoms with E-state index in [1.165, 1.54) is 12.2 Å². The van der Waals surface area contributed by atoms with Gasteiger partial charge in [0, 0.05) is 23.5 Å². The van der Waals surface area contributed by atoms with Crippen LogP contribution in [0.25, 0.3) is 0 Å². The molecule has 0 heterocycles. The van der Waals surface area contributed by atoms with Gasteiger partial charge in [0.05, 0.1) is 6.61 Å². The Morgan fingerprint density at radius 3 is 2.61 bits per heavy atom. The molecule has 1 aliphatic rings. The molecule has 0 aliphatic heterocycles. The fraction of sp³-hybridized carbons (Fsp3) is 0.579. The first kappa shape index (κ1) is 19.2. The SMILES string of the molecule is CCC/C(C#CC1(O)C(C)=CC(=O)CC1(C)C)=C/C(=O)OCC. The predicted octanol–water partition coefficient (Wildman–Crippen LogP) is 2.96. The van der Waals surface area contributed by atoms with Gasteiger partial charge in [0.15, 0.2) is 11.4 Å². The number of allylic oxidation sites excluding steroid dienone is 2. The van der Waals surface area contributed by atoms with Gasteiger partial charge in [-0.15, -0.1) is 0 Å². The summed E-state index contributed by atoms with van der Waals surface area (Å²) in [5, 5.41) is 11.0. The van der Waals surface area contributed by atoms with Crippen LogP contribution in [0.4, 0.5) is 0 Å². The van der Waals surface area contributed by atoms with Crippen molar-refractivity contribution < 1.29 is 19.4 Å². The molecular formula is C19H26O4. The maximum atomic E-state index is 11.7. The Morgan fingerprint density at radius 1 is 1.43 bits per heavy atom. The third-order valence-corrected chi connectivity index (χ3v) is 4.05. The first-order valence-corrected chi connectivity index (χ1v) is 8.00. The number of hydrogen-bond donors (Lipinski definition) is 1. The van der Waals surface area contributed by atoms with Crippen LogP contribution in [0.15, 0.2) is 23.3 Å². The Morgan fingerprint density at radius 2 is 2.09 bits per heavy atom. The van der Waals surface area contributed by atoms with E-state index < -0.39 is 17.0 Å². The van der Waals surface area contributed by atoms with Crippen molar-refractivity contribution in [1.29, 1.82) is 0 Å². The van der Waals surface area contributed by atoms with Crippen LogP contribution in [0.3, 0.4) is 0 Å².